The van der Waals surface area contributed by atoms with Gasteiger partial charge < -0.3 is 19.9 Å². The average molecular weight is 341 g/mol. The van der Waals surface area contributed by atoms with Crippen molar-refractivity contribution >= 4 is 12.1 Å². The van der Waals surface area contributed by atoms with Crippen molar-refractivity contribution in [1.82, 2.24) is 5.32 Å². The van der Waals surface area contributed by atoms with Crippen LogP contribution in [0.2, 0.25) is 0 Å². The van der Waals surface area contributed by atoms with E-state index in [0.29, 0.717) is 11.3 Å². The Morgan fingerprint density at radius 1 is 1.20 bits per heavy atom. The van der Waals surface area contributed by atoms with Crippen molar-refractivity contribution in [2.45, 2.75) is 19.1 Å². The summed E-state index contributed by atoms with van der Waals surface area (Å²) in [7, 11) is 0. The summed E-state index contributed by atoms with van der Waals surface area (Å²) in [6, 6.07) is 16.0. The molecule has 0 spiro atoms. The summed E-state index contributed by atoms with van der Waals surface area (Å²) in [6.07, 6.45) is -0.783. The van der Waals surface area contributed by atoms with Crippen LogP contribution in [0, 0.1) is 5.92 Å². The Morgan fingerprint density at radius 3 is 2.60 bits per heavy atom. The number of nitrogens with one attached hydrogen (secondary N) is 1. The molecule has 0 radical (unpaired) electrons. The number of aliphatic carboxylic acids is 1. The third kappa shape index (κ3) is 3.15. The van der Waals surface area contributed by atoms with E-state index < -0.39 is 23.5 Å². The molecule has 2 atom stereocenters. The van der Waals surface area contributed by atoms with Gasteiger partial charge >= 0.3 is 12.1 Å². The van der Waals surface area contributed by atoms with Gasteiger partial charge in [0, 0.05) is 11.5 Å². The van der Waals surface area contributed by atoms with Gasteiger partial charge in [0.15, 0.2) is 5.54 Å². The monoisotopic (exact) mass is 341 g/mol. The van der Waals surface area contributed by atoms with Crippen LogP contribution < -0.4 is 10.1 Å². The maximum Gasteiger partial charge on any atom is 0.408 e. The van der Waals surface area contributed by atoms with Gasteiger partial charge in [-0.15, -0.1) is 0 Å². The maximum absolute atomic E-state index is 12.3. The number of rotatable bonds is 4. The summed E-state index contributed by atoms with van der Waals surface area (Å²) < 4.78 is 10.8. The number of fused-ring (bicyclic) bond motifs is 1. The number of hydrogen-bond donors (Lipinski definition) is 2. The molecule has 6 heteroatoms. The number of carboxylic acids is 1. The van der Waals surface area contributed by atoms with Crippen LogP contribution in [0.3, 0.4) is 0 Å². The fourth-order valence-corrected chi connectivity index (χ4v) is 3.01. The Bertz CT molecular complexity index is 776. The van der Waals surface area contributed by atoms with Crippen LogP contribution >= 0.6 is 0 Å². The van der Waals surface area contributed by atoms with Crippen molar-refractivity contribution in [3.63, 3.8) is 0 Å². The molecule has 0 saturated heterocycles. The third-order valence-electron chi connectivity index (χ3n) is 4.39. The third-order valence-corrected chi connectivity index (χ3v) is 4.39. The molecule has 0 aliphatic carbocycles. The van der Waals surface area contributed by atoms with Gasteiger partial charge in [-0.3, -0.25) is 0 Å². The summed E-state index contributed by atoms with van der Waals surface area (Å²) in [4.78, 5) is 24.4. The van der Waals surface area contributed by atoms with Crippen molar-refractivity contribution in [3.05, 3.63) is 65.7 Å². The van der Waals surface area contributed by atoms with Gasteiger partial charge in [0.25, 0.3) is 0 Å². The Balaban J connectivity index is 1.84. The first kappa shape index (κ1) is 16.8. The number of carbonyl (C=O) groups excluding carboxylic acids is 1. The van der Waals surface area contributed by atoms with Crippen LogP contribution in [0.25, 0.3) is 0 Å². The largest absolute Gasteiger partial charge is 0.493 e. The molecule has 0 bridgehead atoms. The Labute approximate surface area is 145 Å². The van der Waals surface area contributed by atoms with Gasteiger partial charge in [0.1, 0.15) is 12.4 Å². The zero-order chi connectivity index (χ0) is 17.9. The van der Waals surface area contributed by atoms with Crippen LogP contribution in [0.1, 0.15) is 18.1 Å². The highest BCUT2D eigenvalue weighted by Gasteiger charge is 2.51. The van der Waals surface area contributed by atoms with Gasteiger partial charge in [0.2, 0.25) is 0 Å². The van der Waals surface area contributed by atoms with Gasteiger partial charge in [-0.25, -0.2) is 9.59 Å². The molecule has 1 heterocycles. The van der Waals surface area contributed by atoms with Gasteiger partial charge in [-0.2, -0.15) is 0 Å². The van der Waals surface area contributed by atoms with Crippen molar-refractivity contribution in [2.24, 2.45) is 5.92 Å². The molecule has 6 nitrogen and oxygen atoms in total. The van der Waals surface area contributed by atoms with Crippen LogP contribution in [0.15, 0.2) is 54.6 Å². The molecule has 1 aliphatic rings. The second kappa shape index (κ2) is 6.84. The molecule has 1 amide bonds. The zero-order valence-corrected chi connectivity index (χ0v) is 13.8. The summed E-state index contributed by atoms with van der Waals surface area (Å²) >= 11 is 0. The number of benzene rings is 2. The van der Waals surface area contributed by atoms with E-state index in [9.17, 15) is 14.7 Å². The van der Waals surface area contributed by atoms with Crippen molar-refractivity contribution in [3.8, 4) is 5.75 Å². The molecule has 2 N–H and O–H groups in total. The van der Waals surface area contributed by atoms with Crippen LogP contribution in [0.4, 0.5) is 4.79 Å². The predicted molar refractivity (Wildman–Crippen MR) is 90.2 cm³/mol. The van der Waals surface area contributed by atoms with Gasteiger partial charge in [-0.05, 0) is 11.6 Å². The van der Waals surface area contributed by atoms with Gasteiger partial charge in [-0.1, -0.05) is 55.5 Å². The first-order valence-corrected chi connectivity index (χ1v) is 7.98. The first-order valence-electron chi connectivity index (χ1n) is 7.98. The minimum atomic E-state index is -1.59. The second-order valence-electron chi connectivity index (χ2n) is 6.01. The molecule has 3 rings (SSSR count). The number of carboxylic acid groups (broad SMARTS) is 1. The van der Waals surface area contributed by atoms with E-state index >= 15 is 0 Å². The molecule has 0 aromatic heterocycles. The Hall–Kier alpha value is -3.02. The SMILES string of the molecule is CC1COc2ccccc2C1(NC(=O)OCc1ccccc1)C(=O)O. The number of carbonyl (C=O) groups is 2. The quantitative estimate of drug-likeness (QED) is 0.893. The first-order chi connectivity index (χ1) is 12.0. The summed E-state index contributed by atoms with van der Waals surface area (Å²) in [6.45, 7) is 1.97. The standard InChI is InChI=1S/C19H19NO5/c1-13-11-24-16-10-6-5-9-15(16)19(13,17(21)22)20-18(23)25-12-14-7-3-2-4-8-14/h2-10,13H,11-12H2,1H3,(H,20,23)(H,21,22). The molecular formula is C19H19NO5. The number of hydrogen-bond acceptors (Lipinski definition) is 4. The predicted octanol–water partition coefficient (Wildman–Crippen LogP) is 2.92. The van der Waals surface area contributed by atoms with Crippen molar-refractivity contribution in [2.75, 3.05) is 6.61 Å². The number of alkyl carbamates (subject to hydrolysis) is 1. The molecule has 130 valence electrons. The highest BCUT2D eigenvalue weighted by Crippen LogP contribution is 2.40. The Morgan fingerprint density at radius 2 is 1.88 bits per heavy atom. The smallest absolute Gasteiger partial charge is 0.408 e. The van der Waals surface area contributed by atoms with E-state index in [4.69, 9.17) is 9.47 Å². The molecular weight excluding hydrogens is 322 g/mol. The molecule has 0 saturated carbocycles. The lowest BCUT2D eigenvalue weighted by atomic mass is 9.77. The van der Waals surface area contributed by atoms with Crippen LogP contribution in [0.5, 0.6) is 5.75 Å². The summed E-state index contributed by atoms with van der Waals surface area (Å²) in [5, 5.41) is 12.5. The molecule has 2 unspecified atom stereocenters. The minimum absolute atomic E-state index is 0.0644. The van der Waals surface area contributed by atoms with E-state index in [0.717, 1.165) is 5.56 Å². The summed E-state index contributed by atoms with van der Waals surface area (Å²) in [5.41, 5.74) is -0.358. The normalized spacial score (nSPS) is 21.6. The topological polar surface area (TPSA) is 84.9 Å². The fraction of sp³-hybridized carbons (Fsp3) is 0.263. The molecule has 25 heavy (non-hydrogen) atoms. The Kier molecular flexibility index (Phi) is 4.61. The van der Waals surface area contributed by atoms with E-state index in [1.807, 2.05) is 30.3 Å². The second-order valence-corrected chi connectivity index (χ2v) is 6.01. The minimum Gasteiger partial charge on any atom is -0.493 e. The molecule has 0 fully saturated rings. The summed E-state index contributed by atoms with van der Waals surface area (Å²) in [5.74, 6) is -1.16. The number of ether oxygens (including phenoxy) is 2. The molecule has 1 aliphatic heterocycles. The lowest BCUT2D eigenvalue weighted by Crippen LogP contribution is -2.59. The highest BCUT2D eigenvalue weighted by molar-refractivity contribution is 5.87. The van der Waals surface area contributed by atoms with Crippen molar-refractivity contribution < 1.29 is 24.2 Å². The van der Waals surface area contributed by atoms with Crippen molar-refractivity contribution in [1.29, 1.82) is 0 Å². The lowest BCUT2D eigenvalue weighted by Gasteiger charge is -2.40. The number of amides is 1. The van der Waals surface area contributed by atoms with Crippen LogP contribution in [-0.2, 0) is 21.7 Å². The average Bonchev–Trinajstić information content (AvgIpc) is 2.63. The zero-order valence-electron chi connectivity index (χ0n) is 13.8. The van der Waals surface area contributed by atoms with Gasteiger partial charge in [0.05, 0.1) is 6.61 Å². The maximum atomic E-state index is 12.3. The molecule has 2 aromatic rings. The number of para-hydroxylation sites is 1. The highest BCUT2D eigenvalue weighted by atomic mass is 16.5. The molecule has 2 aromatic carbocycles. The van der Waals surface area contributed by atoms with E-state index in [1.165, 1.54) is 0 Å². The van der Waals surface area contributed by atoms with E-state index in [-0.39, 0.29) is 13.2 Å². The lowest BCUT2D eigenvalue weighted by molar-refractivity contribution is -0.149. The fourth-order valence-electron chi connectivity index (χ4n) is 3.01. The van der Waals surface area contributed by atoms with E-state index in [2.05, 4.69) is 5.32 Å². The van der Waals surface area contributed by atoms with E-state index in [1.54, 1.807) is 31.2 Å². The van der Waals surface area contributed by atoms with Crippen LogP contribution in [-0.4, -0.2) is 23.8 Å².